The van der Waals surface area contributed by atoms with Gasteiger partial charge in [0.05, 0.1) is 18.0 Å². The molecule has 2 unspecified atom stereocenters. The third-order valence-electron chi connectivity index (χ3n) is 9.15. The van der Waals surface area contributed by atoms with E-state index < -0.39 is 0 Å². The van der Waals surface area contributed by atoms with Crippen molar-refractivity contribution in [3.05, 3.63) is 65.7 Å². The molecule has 2 atom stereocenters. The van der Waals surface area contributed by atoms with E-state index in [1.807, 2.05) is 47.4 Å². The molecule has 3 heterocycles. The third-order valence-corrected chi connectivity index (χ3v) is 9.15. The molecule has 2 saturated heterocycles. The zero-order valence-electron chi connectivity index (χ0n) is 24.5. The number of amides is 1. The number of anilines is 2. The fourth-order valence-electron chi connectivity index (χ4n) is 6.63. The van der Waals surface area contributed by atoms with E-state index in [9.17, 15) is 9.90 Å². The van der Waals surface area contributed by atoms with E-state index in [0.717, 1.165) is 48.9 Å². The highest BCUT2D eigenvalue weighted by Crippen LogP contribution is 2.35. The van der Waals surface area contributed by atoms with Crippen molar-refractivity contribution in [2.75, 3.05) is 56.5 Å². The SMILES string of the molecule is CC1COC(c2ccc(C(=O)N3CCN(CC4CCCCC4)CC3)cc2)CN1c1cc(-c2ccccc2O)nnc1N. The van der Waals surface area contributed by atoms with E-state index in [1.54, 1.807) is 12.1 Å². The number of nitrogen functional groups attached to an aromatic ring is 1. The van der Waals surface area contributed by atoms with Crippen molar-refractivity contribution in [1.29, 1.82) is 0 Å². The van der Waals surface area contributed by atoms with E-state index in [4.69, 9.17) is 10.5 Å². The van der Waals surface area contributed by atoms with Crippen molar-refractivity contribution in [2.45, 2.75) is 51.2 Å². The Balaban J connectivity index is 1.09. The van der Waals surface area contributed by atoms with Crippen LogP contribution in [0.1, 0.15) is 61.1 Å². The quantitative estimate of drug-likeness (QED) is 0.438. The molecule has 1 aromatic heterocycles. The number of piperazine rings is 1. The third kappa shape index (κ3) is 6.22. The molecule has 0 spiro atoms. The van der Waals surface area contributed by atoms with Crippen LogP contribution in [0, 0.1) is 5.92 Å². The summed E-state index contributed by atoms with van der Waals surface area (Å²) in [5.41, 5.74) is 9.96. The van der Waals surface area contributed by atoms with E-state index >= 15 is 0 Å². The zero-order valence-corrected chi connectivity index (χ0v) is 24.5. The lowest BCUT2D eigenvalue weighted by molar-refractivity contribution is 0.0215. The van der Waals surface area contributed by atoms with Crippen molar-refractivity contribution >= 4 is 17.4 Å². The molecule has 9 nitrogen and oxygen atoms in total. The average molecular weight is 571 g/mol. The first kappa shape index (κ1) is 28.4. The largest absolute Gasteiger partial charge is 0.507 e. The summed E-state index contributed by atoms with van der Waals surface area (Å²) >= 11 is 0. The number of aromatic hydroxyl groups is 1. The van der Waals surface area contributed by atoms with Gasteiger partial charge in [-0.2, -0.15) is 0 Å². The van der Waals surface area contributed by atoms with E-state index in [0.29, 0.717) is 30.2 Å². The second kappa shape index (κ2) is 12.7. The minimum atomic E-state index is -0.185. The maximum Gasteiger partial charge on any atom is 0.253 e. The van der Waals surface area contributed by atoms with Crippen LogP contribution < -0.4 is 10.6 Å². The number of para-hydroxylation sites is 1. The standard InChI is InChI=1S/C33H42N6O3/c1-23-22-42-31(21-39(23)29-19-28(35-36-32(29)34)27-9-5-6-10-30(27)40)25-11-13-26(14-12-25)33(41)38-17-15-37(16-18-38)20-24-7-3-2-4-8-24/h5-6,9-14,19,23-24,31,40H,2-4,7-8,15-18,20-22H2,1H3,(H2,34,36). The van der Waals surface area contributed by atoms with Gasteiger partial charge in [0.2, 0.25) is 0 Å². The van der Waals surface area contributed by atoms with E-state index in [1.165, 1.54) is 38.6 Å². The molecule has 1 amide bonds. The summed E-state index contributed by atoms with van der Waals surface area (Å²) in [6.07, 6.45) is 6.67. The molecule has 9 heteroatoms. The maximum absolute atomic E-state index is 13.3. The Morgan fingerprint density at radius 1 is 1.00 bits per heavy atom. The van der Waals surface area contributed by atoms with Gasteiger partial charge in [0, 0.05) is 56.4 Å². The number of benzene rings is 2. The van der Waals surface area contributed by atoms with Crippen molar-refractivity contribution in [2.24, 2.45) is 5.92 Å². The number of phenolic OH excluding ortho intramolecular Hbond substituents is 1. The second-order valence-electron chi connectivity index (χ2n) is 12.1. The summed E-state index contributed by atoms with van der Waals surface area (Å²) in [7, 11) is 0. The average Bonchev–Trinajstić information content (AvgIpc) is 3.03. The number of nitrogens with two attached hydrogens (primary N) is 1. The maximum atomic E-state index is 13.3. The Bertz CT molecular complexity index is 1370. The minimum Gasteiger partial charge on any atom is -0.507 e. The monoisotopic (exact) mass is 570 g/mol. The highest BCUT2D eigenvalue weighted by Gasteiger charge is 2.30. The minimum absolute atomic E-state index is 0.0719. The zero-order chi connectivity index (χ0) is 29.1. The summed E-state index contributed by atoms with van der Waals surface area (Å²) in [6.45, 7) is 7.87. The lowest BCUT2D eigenvalue weighted by Gasteiger charge is -2.40. The number of phenols is 1. The number of carbonyl (C=O) groups excluding carboxylic acids is 1. The fraction of sp³-hybridized carbons (Fsp3) is 0.485. The molecular formula is C33H42N6O3. The summed E-state index contributed by atoms with van der Waals surface area (Å²) in [5.74, 6) is 1.42. The smallest absolute Gasteiger partial charge is 0.253 e. The van der Waals surface area contributed by atoms with E-state index in [-0.39, 0.29) is 23.8 Å². The molecule has 0 bridgehead atoms. The number of carbonyl (C=O) groups is 1. The molecular weight excluding hydrogens is 528 g/mol. The van der Waals surface area contributed by atoms with Crippen LogP contribution in [0.5, 0.6) is 5.75 Å². The molecule has 3 aromatic rings. The van der Waals surface area contributed by atoms with Gasteiger partial charge in [0.25, 0.3) is 5.91 Å². The highest BCUT2D eigenvalue weighted by molar-refractivity contribution is 5.94. The Morgan fingerprint density at radius 2 is 1.74 bits per heavy atom. The van der Waals surface area contributed by atoms with Crippen molar-refractivity contribution in [3.63, 3.8) is 0 Å². The second-order valence-corrected chi connectivity index (χ2v) is 12.1. The normalized spacial score (nSPS) is 22.3. The summed E-state index contributed by atoms with van der Waals surface area (Å²) in [5, 5.41) is 18.8. The number of hydrogen-bond donors (Lipinski definition) is 2. The Hall–Kier alpha value is -3.69. The first-order valence-electron chi connectivity index (χ1n) is 15.4. The molecule has 3 fully saturated rings. The van der Waals surface area contributed by atoms with Gasteiger partial charge < -0.3 is 25.4 Å². The number of morpholine rings is 1. The van der Waals surface area contributed by atoms with Crippen molar-refractivity contribution in [1.82, 2.24) is 20.0 Å². The number of aromatic nitrogens is 2. The predicted octanol–water partition coefficient (Wildman–Crippen LogP) is 4.74. The number of nitrogens with zero attached hydrogens (tertiary/aromatic N) is 5. The molecule has 3 N–H and O–H groups in total. The number of ether oxygens (including phenoxy) is 1. The lowest BCUT2D eigenvalue weighted by Crippen LogP contribution is -2.49. The van der Waals surface area contributed by atoms with Crippen LogP contribution in [-0.4, -0.2) is 82.9 Å². The molecule has 1 saturated carbocycles. The summed E-state index contributed by atoms with van der Waals surface area (Å²) in [4.78, 5) is 20.0. The molecule has 3 aliphatic rings. The van der Waals surface area contributed by atoms with Gasteiger partial charge in [-0.25, -0.2) is 0 Å². The molecule has 42 heavy (non-hydrogen) atoms. The van der Waals surface area contributed by atoms with Crippen LogP contribution in [-0.2, 0) is 4.74 Å². The highest BCUT2D eigenvalue weighted by atomic mass is 16.5. The van der Waals surface area contributed by atoms with Crippen molar-refractivity contribution in [3.8, 4) is 17.0 Å². The fourth-order valence-corrected chi connectivity index (χ4v) is 6.63. The van der Waals surface area contributed by atoms with Crippen LogP contribution in [0.4, 0.5) is 11.5 Å². The molecule has 0 radical (unpaired) electrons. The van der Waals surface area contributed by atoms with Gasteiger partial charge in [0.15, 0.2) is 5.82 Å². The number of hydrogen-bond acceptors (Lipinski definition) is 8. The molecule has 2 aliphatic heterocycles. The van der Waals surface area contributed by atoms with Gasteiger partial charge >= 0.3 is 0 Å². The Kier molecular flexibility index (Phi) is 8.58. The Morgan fingerprint density at radius 3 is 2.48 bits per heavy atom. The van der Waals surface area contributed by atoms with Crippen LogP contribution in [0.15, 0.2) is 54.6 Å². The molecule has 2 aromatic carbocycles. The molecule has 222 valence electrons. The summed E-state index contributed by atoms with van der Waals surface area (Å²) in [6, 6.07) is 16.9. The van der Waals surface area contributed by atoms with Gasteiger partial charge in [-0.05, 0) is 61.6 Å². The van der Waals surface area contributed by atoms with Crippen molar-refractivity contribution < 1.29 is 14.6 Å². The van der Waals surface area contributed by atoms with Gasteiger partial charge in [-0.15, -0.1) is 10.2 Å². The van der Waals surface area contributed by atoms with E-state index in [2.05, 4.69) is 26.9 Å². The topological polar surface area (TPSA) is 108 Å². The molecule has 1 aliphatic carbocycles. The Labute approximate surface area is 248 Å². The summed E-state index contributed by atoms with van der Waals surface area (Å²) < 4.78 is 6.23. The lowest BCUT2D eigenvalue weighted by atomic mass is 9.89. The first-order chi connectivity index (χ1) is 20.5. The molecule has 6 rings (SSSR count). The van der Waals surface area contributed by atoms with Gasteiger partial charge in [-0.3, -0.25) is 9.69 Å². The van der Waals surface area contributed by atoms with Gasteiger partial charge in [-0.1, -0.05) is 43.5 Å². The van der Waals surface area contributed by atoms with Crippen LogP contribution >= 0.6 is 0 Å². The van der Waals surface area contributed by atoms with Crippen LogP contribution in [0.3, 0.4) is 0 Å². The van der Waals surface area contributed by atoms with Crippen LogP contribution in [0.25, 0.3) is 11.3 Å². The van der Waals surface area contributed by atoms with Crippen LogP contribution in [0.2, 0.25) is 0 Å². The first-order valence-corrected chi connectivity index (χ1v) is 15.4. The number of rotatable bonds is 6. The van der Waals surface area contributed by atoms with Gasteiger partial charge in [0.1, 0.15) is 11.9 Å². The predicted molar refractivity (Wildman–Crippen MR) is 164 cm³/mol.